The number of rotatable bonds is 5. The standard InChI is InChI=1S/C12H12F3N3O/c1-16-4-2-3-10-17-18-12(19-10)7-5-8(13)11(15)9(14)6-7/h5-6,16H,2-4H2,1H3. The van der Waals surface area contributed by atoms with Crippen LogP contribution in [0.2, 0.25) is 0 Å². The van der Waals surface area contributed by atoms with E-state index in [2.05, 4.69) is 15.5 Å². The second kappa shape index (κ2) is 5.83. The van der Waals surface area contributed by atoms with Gasteiger partial charge in [0.25, 0.3) is 0 Å². The molecule has 0 aliphatic rings. The molecule has 0 unspecified atom stereocenters. The van der Waals surface area contributed by atoms with Crippen LogP contribution in [0.15, 0.2) is 16.5 Å². The number of aromatic nitrogens is 2. The molecule has 2 aromatic rings. The Hall–Kier alpha value is -1.89. The van der Waals surface area contributed by atoms with Crippen LogP contribution in [-0.2, 0) is 6.42 Å². The lowest BCUT2D eigenvalue weighted by atomic mass is 10.2. The Bertz CT molecular complexity index is 548. The van der Waals surface area contributed by atoms with Crippen molar-refractivity contribution in [1.82, 2.24) is 15.5 Å². The molecule has 4 nitrogen and oxygen atoms in total. The number of halogens is 3. The van der Waals surface area contributed by atoms with Gasteiger partial charge in [-0.2, -0.15) is 0 Å². The first-order valence-corrected chi connectivity index (χ1v) is 5.73. The van der Waals surface area contributed by atoms with Crippen LogP contribution in [0.1, 0.15) is 12.3 Å². The van der Waals surface area contributed by atoms with E-state index in [4.69, 9.17) is 4.42 Å². The first-order valence-electron chi connectivity index (χ1n) is 5.73. The molecular formula is C12H12F3N3O. The number of aryl methyl sites for hydroxylation is 1. The van der Waals surface area contributed by atoms with Gasteiger partial charge in [0.2, 0.25) is 11.8 Å². The lowest BCUT2D eigenvalue weighted by Crippen LogP contribution is -2.08. The number of nitrogens with zero attached hydrogens (tertiary/aromatic N) is 2. The number of hydrogen-bond acceptors (Lipinski definition) is 4. The topological polar surface area (TPSA) is 51.0 Å². The van der Waals surface area contributed by atoms with Crippen LogP contribution < -0.4 is 5.32 Å². The van der Waals surface area contributed by atoms with Crippen molar-refractivity contribution in [2.75, 3.05) is 13.6 Å². The van der Waals surface area contributed by atoms with E-state index in [1.54, 1.807) is 0 Å². The van der Waals surface area contributed by atoms with Crippen molar-refractivity contribution in [2.24, 2.45) is 0 Å². The molecule has 0 radical (unpaired) electrons. The molecule has 1 aromatic carbocycles. The predicted molar refractivity (Wildman–Crippen MR) is 61.9 cm³/mol. The van der Waals surface area contributed by atoms with Crippen LogP contribution in [0.25, 0.3) is 11.5 Å². The van der Waals surface area contributed by atoms with E-state index in [9.17, 15) is 13.2 Å². The minimum atomic E-state index is -1.52. The van der Waals surface area contributed by atoms with Crippen molar-refractivity contribution in [2.45, 2.75) is 12.8 Å². The van der Waals surface area contributed by atoms with Crippen molar-refractivity contribution in [1.29, 1.82) is 0 Å². The zero-order valence-corrected chi connectivity index (χ0v) is 10.2. The molecule has 0 amide bonds. The Labute approximate surface area is 107 Å². The van der Waals surface area contributed by atoms with Crippen LogP contribution in [0.4, 0.5) is 13.2 Å². The molecule has 0 atom stereocenters. The number of benzene rings is 1. The average Bonchev–Trinajstić information content (AvgIpc) is 2.84. The smallest absolute Gasteiger partial charge is 0.247 e. The summed E-state index contributed by atoms with van der Waals surface area (Å²) in [5.41, 5.74) is 0.0174. The highest BCUT2D eigenvalue weighted by Crippen LogP contribution is 2.22. The summed E-state index contributed by atoms with van der Waals surface area (Å²) < 4.78 is 44.2. The molecule has 0 aliphatic carbocycles. The van der Waals surface area contributed by atoms with E-state index in [1.165, 1.54) is 0 Å². The Balaban J connectivity index is 2.18. The predicted octanol–water partition coefficient (Wildman–Crippen LogP) is 2.31. The molecule has 2 rings (SSSR count). The van der Waals surface area contributed by atoms with Gasteiger partial charge in [0.05, 0.1) is 0 Å². The zero-order chi connectivity index (χ0) is 13.8. The van der Waals surface area contributed by atoms with E-state index in [0.29, 0.717) is 12.3 Å². The van der Waals surface area contributed by atoms with Gasteiger partial charge in [-0.1, -0.05) is 0 Å². The molecule has 0 fully saturated rings. The fourth-order valence-electron chi connectivity index (χ4n) is 1.57. The summed E-state index contributed by atoms with van der Waals surface area (Å²) >= 11 is 0. The summed E-state index contributed by atoms with van der Waals surface area (Å²) in [4.78, 5) is 0. The lowest BCUT2D eigenvalue weighted by molar-refractivity contribution is 0.445. The molecule has 102 valence electrons. The number of hydrogen-bond donors (Lipinski definition) is 1. The highest BCUT2D eigenvalue weighted by molar-refractivity contribution is 5.52. The van der Waals surface area contributed by atoms with Gasteiger partial charge in [0.1, 0.15) is 0 Å². The molecule has 0 aliphatic heterocycles. The third-order valence-corrected chi connectivity index (χ3v) is 2.52. The third-order valence-electron chi connectivity index (χ3n) is 2.52. The Morgan fingerprint density at radius 1 is 1.16 bits per heavy atom. The van der Waals surface area contributed by atoms with E-state index in [-0.39, 0.29) is 11.5 Å². The fourth-order valence-corrected chi connectivity index (χ4v) is 1.57. The first kappa shape index (κ1) is 13.5. The largest absolute Gasteiger partial charge is 0.421 e. The van der Waals surface area contributed by atoms with Gasteiger partial charge < -0.3 is 9.73 Å². The minimum Gasteiger partial charge on any atom is -0.421 e. The number of nitrogens with one attached hydrogen (secondary N) is 1. The second-order valence-corrected chi connectivity index (χ2v) is 3.96. The van der Waals surface area contributed by atoms with Gasteiger partial charge in [0, 0.05) is 12.0 Å². The van der Waals surface area contributed by atoms with E-state index < -0.39 is 17.5 Å². The highest BCUT2D eigenvalue weighted by atomic mass is 19.2. The van der Waals surface area contributed by atoms with E-state index in [1.807, 2.05) is 7.05 Å². The van der Waals surface area contributed by atoms with Gasteiger partial charge in [0.15, 0.2) is 17.5 Å². The molecule has 7 heteroatoms. The molecule has 1 aromatic heterocycles. The maximum absolute atomic E-state index is 13.1. The average molecular weight is 271 g/mol. The Morgan fingerprint density at radius 3 is 2.47 bits per heavy atom. The van der Waals surface area contributed by atoms with Gasteiger partial charge in [-0.25, -0.2) is 13.2 Å². The molecule has 0 saturated carbocycles. The SMILES string of the molecule is CNCCCc1nnc(-c2cc(F)c(F)c(F)c2)o1. The summed E-state index contributed by atoms with van der Waals surface area (Å²) in [6, 6.07) is 1.65. The minimum absolute atomic E-state index is 0.0174. The maximum atomic E-state index is 13.1. The lowest BCUT2D eigenvalue weighted by Gasteiger charge is -1.98. The van der Waals surface area contributed by atoms with Crippen LogP contribution in [0.5, 0.6) is 0 Å². The highest BCUT2D eigenvalue weighted by Gasteiger charge is 2.15. The summed E-state index contributed by atoms with van der Waals surface area (Å²) in [6.45, 7) is 0.789. The Morgan fingerprint density at radius 2 is 1.84 bits per heavy atom. The van der Waals surface area contributed by atoms with Crippen LogP contribution in [-0.4, -0.2) is 23.8 Å². The molecular weight excluding hydrogens is 259 g/mol. The van der Waals surface area contributed by atoms with Crippen molar-refractivity contribution >= 4 is 0 Å². The maximum Gasteiger partial charge on any atom is 0.247 e. The van der Waals surface area contributed by atoms with Crippen molar-refractivity contribution in [3.05, 3.63) is 35.5 Å². The van der Waals surface area contributed by atoms with Gasteiger partial charge in [-0.15, -0.1) is 10.2 Å². The third kappa shape index (κ3) is 3.11. The fraction of sp³-hybridized carbons (Fsp3) is 0.333. The van der Waals surface area contributed by atoms with Crippen molar-refractivity contribution in [3.8, 4) is 11.5 Å². The van der Waals surface area contributed by atoms with Crippen molar-refractivity contribution in [3.63, 3.8) is 0 Å². The molecule has 0 bridgehead atoms. The molecule has 0 saturated heterocycles. The summed E-state index contributed by atoms with van der Waals surface area (Å²) in [5, 5.41) is 10.4. The van der Waals surface area contributed by atoms with Gasteiger partial charge in [-0.3, -0.25) is 0 Å². The second-order valence-electron chi connectivity index (χ2n) is 3.96. The normalized spacial score (nSPS) is 10.9. The van der Waals surface area contributed by atoms with E-state index >= 15 is 0 Å². The summed E-state index contributed by atoms with van der Waals surface area (Å²) in [5.74, 6) is -3.75. The monoisotopic (exact) mass is 271 g/mol. The van der Waals surface area contributed by atoms with Crippen LogP contribution in [0.3, 0.4) is 0 Å². The van der Waals surface area contributed by atoms with Crippen LogP contribution >= 0.6 is 0 Å². The van der Waals surface area contributed by atoms with Gasteiger partial charge >= 0.3 is 0 Å². The molecule has 19 heavy (non-hydrogen) atoms. The summed E-state index contributed by atoms with van der Waals surface area (Å²) in [6.07, 6.45) is 1.35. The molecule has 1 heterocycles. The van der Waals surface area contributed by atoms with Crippen molar-refractivity contribution < 1.29 is 17.6 Å². The van der Waals surface area contributed by atoms with Gasteiger partial charge in [-0.05, 0) is 32.1 Å². The molecule has 0 spiro atoms. The van der Waals surface area contributed by atoms with Crippen LogP contribution in [0, 0.1) is 17.5 Å². The molecule has 1 N–H and O–H groups in total. The Kier molecular flexibility index (Phi) is 4.16. The summed E-state index contributed by atoms with van der Waals surface area (Å²) in [7, 11) is 1.82. The first-order chi connectivity index (χ1) is 9.11. The zero-order valence-electron chi connectivity index (χ0n) is 10.2. The van der Waals surface area contributed by atoms with E-state index in [0.717, 1.165) is 25.1 Å². The quantitative estimate of drug-likeness (QED) is 0.669.